The second-order valence-electron chi connectivity index (χ2n) is 8.00. The number of amides is 3. The molecular formula is C21H19FN4O4S. The molecule has 3 aliphatic rings. The average molecular weight is 442 g/mol. The SMILES string of the molecule is Cc1cncc(C2=C[C@H]3C[C@@H]2CN3C(=O)CN2C(=O)Nc3ccc(F)cc3S2(=O)=O)c1. The zero-order valence-electron chi connectivity index (χ0n) is 16.6. The molecule has 2 atom stereocenters. The smallest absolute Gasteiger partial charge is 0.334 e. The van der Waals surface area contributed by atoms with E-state index in [0.717, 1.165) is 35.3 Å². The van der Waals surface area contributed by atoms with E-state index in [0.29, 0.717) is 10.8 Å². The number of rotatable bonds is 3. The number of sulfonamides is 1. The number of fused-ring (bicyclic) bond motifs is 3. The van der Waals surface area contributed by atoms with Crippen LogP contribution in [0.1, 0.15) is 17.5 Å². The maximum Gasteiger partial charge on any atom is 0.336 e. The van der Waals surface area contributed by atoms with Crippen LogP contribution in [0.2, 0.25) is 0 Å². The van der Waals surface area contributed by atoms with Gasteiger partial charge in [-0.25, -0.2) is 21.9 Å². The Labute approximate surface area is 178 Å². The number of nitrogens with zero attached hydrogens (tertiary/aromatic N) is 3. The van der Waals surface area contributed by atoms with Crippen molar-refractivity contribution in [3.05, 3.63) is 59.7 Å². The molecule has 3 heterocycles. The first-order valence-corrected chi connectivity index (χ1v) is 11.2. The molecule has 3 amide bonds. The standard InChI is InChI=1S/C21H19FN4O4S/c1-12-4-13(9-23-8-12)17-7-16-5-14(17)10-25(16)20(27)11-26-21(28)24-18-3-2-15(22)6-19(18)31(26,29)30/h2-4,6-9,14,16H,5,10-11H2,1H3,(H,24,28)/t14-,16-/m1/s1. The van der Waals surface area contributed by atoms with Gasteiger partial charge in [0.2, 0.25) is 5.91 Å². The highest BCUT2D eigenvalue weighted by Gasteiger charge is 2.44. The molecular weight excluding hydrogens is 423 g/mol. The number of urea groups is 1. The number of hydrogen-bond acceptors (Lipinski definition) is 5. The van der Waals surface area contributed by atoms with Crippen LogP contribution in [0.25, 0.3) is 5.57 Å². The fraction of sp³-hybridized carbons (Fsp3) is 0.286. The van der Waals surface area contributed by atoms with Crippen molar-refractivity contribution in [1.29, 1.82) is 0 Å². The lowest BCUT2D eigenvalue weighted by atomic mass is 9.96. The van der Waals surface area contributed by atoms with Gasteiger partial charge < -0.3 is 10.2 Å². The topological polar surface area (TPSA) is 99.7 Å². The van der Waals surface area contributed by atoms with Crippen molar-refractivity contribution in [3.63, 3.8) is 0 Å². The fourth-order valence-electron chi connectivity index (χ4n) is 4.51. The molecule has 31 heavy (non-hydrogen) atoms. The Bertz CT molecular complexity index is 1260. The molecule has 2 aliphatic heterocycles. The Morgan fingerprint density at radius 3 is 2.81 bits per heavy atom. The summed E-state index contributed by atoms with van der Waals surface area (Å²) < 4.78 is 39.8. The van der Waals surface area contributed by atoms with Crippen LogP contribution in [0.3, 0.4) is 0 Å². The van der Waals surface area contributed by atoms with Gasteiger partial charge in [0.25, 0.3) is 10.0 Å². The normalized spacial score (nSPS) is 23.4. The van der Waals surface area contributed by atoms with Gasteiger partial charge in [-0.05, 0) is 54.3 Å². The zero-order chi connectivity index (χ0) is 21.9. The van der Waals surface area contributed by atoms with Gasteiger partial charge in [0.05, 0.1) is 11.7 Å². The van der Waals surface area contributed by atoms with Crippen LogP contribution in [-0.4, -0.2) is 53.7 Å². The molecule has 10 heteroatoms. The van der Waals surface area contributed by atoms with E-state index in [1.807, 2.05) is 19.1 Å². The van der Waals surface area contributed by atoms with Crippen molar-refractivity contribution in [2.45, 2.75) is 24.3 Å². The Morgan fingerprint density at radius 2 is 2.10 bits per heavy atom. The fourth-order valence-corrected chi connectivity index (χ4v) is 5.95. The van der Waals surface area contributed by atoms with E-state index in [9.17, 15) is 22.4 Å². The number of likely N-dealkylation sites (tertiary alicyclic amines) is 1. The third-order valence-corrected chi connectivity index (χ3v) is 7.71. The number of aryl methyl sites for hydroxylation is 1. The van der Waals surface area contributed by atoms with Gasteiger partial charge in [-0.2, -0.15) is 0 Å². The number of hydrogen-bond donors (Lipinski definition) is 1. The molecule has 1 N–H and O–H groups in total. The molecule has 5 rings (SSSR count). The lowest BCUT2D eigenvalue weighted by Crippen LogP contribution is -2.50. The lowest BCUT2D eigenvalue weighted by molar-refractivity contribution is -0.131. The number of benzene rings is 1. The van der Waals surface area contributed by atoms with E-state index >= 15 is 0 Å². The summed E-state index contributed by atoms with van der Waals surface area (Å²) in [5.41, 5.74) is 3.20. The highest BCUT2D eigenvalue weighted by atomic mass is 32.2. The number of nitrogens with one attached hydrogen (secondary N) is 1. The van der Waals surface area contributed by atoms with Gasteiger partial charge in [-0.15, -0.1) is 0 Å². The largest absolute Gasteiger partial charge is 0.336 e. The first-order valence-electron chi connectivity index (χ1n) is 9.80. The molecule has 2 bridgehead atoms. The van der Waals surface area contributed by atoms with Gasteiger partial charge >= 0.3 is 6.03 Å². The number of pyridine rings is 1. The van der Waals surface area contributed by atoms with Crippen molar-refractivity contribution < 1.29 is 22.4 Å². The highest BCUT2D eigenvalue weighted by molar-refractivity contribution is 7.90. The second kappa shape index (κ2) is 6.88. The molecule has 1 aliphatic carbocycles. The highest BCUT2D eigenvalue weighted by Crippen LogP contribution is 2.42. The Morgan fingerprint density at radius 1 is 1.29 bits per heavy atom. The minimum absolute atomic E-state index is 0.00494. The molecule has 0 radical (unpaired) electrons. The molecule has 1 saturated heterocycles. The Balaban J connectivity index is 1.36. The quantitative estimate of drug-likeness (QED) is 0.787. The predicted octanol–water partition coefficient (Wildman–Crippen LogP) is 2.38. The molecule has 2 aromatic rings. The maximum absolute atomic E-state index is 13.6. The van der Waals surface area contributed by atoms with E-state index < -0.39 is 34.3 Å². The minimum Gasteiger partial charge on any atom is -0.334 e. The summed E-state index contributed by atoms with van der Waals surface area (Å²) >= 11 is 0. The van der Waals surface area contributed by atoms with Crippen LogP contribution in [0, 0.1) is 18.7 Å². The number of aromatic nitrogens is 1. The van der Waals surface area contributed by atoms with E-state index in [-0.39, 0.29) is 22.5 Å². The predicted molar refractivity (Wildman–Crippen MR) is 110 cm³/mol. The van der Waals surface area contributed by atoms with E-state index in [2.05, 4.69) is 10.3 Å². The van der Waals surface area contributed by atoms with Crippen LogP contribution in [0.4, 0.5) is 14.9 Å². The summed E-state index contributed by atoms with van der Waals surface area (Å²) in [6, 6.07) is 4.04. The van der Waals surface area contributed by atoms with Crippen molar-refractivity contribution in [2.24, 2.45) is 5.92 Å². The third-order valence-electron chi connectivity index (χ3n) is 5.94. The first-order chi connectivity index (χ1) is 14.7. The van der Waals surface area contributed by atoms with Crippen LogP contribution in [0.5, 0.6) is 0 Å². The van der Waals surface area contributed by atoms with Crippen molar-refractivity contribution in [2.75, 3.05) is 18.4 Å². The molecule has 1 aromatic carbocycles. The van der Waals surface area contributed by atoms with Gasteiger partial charge in [-0.3, -0.25) is 9.78 Å². The van der Waals surface area contributed by atoms with Crippen LogP contribution >= 0.6 is 0 Å². The van der Waals surface area contributed by atoms with E-state index in [1.165, 1.54) is 6.07 Å². The van der Waals surface area contributed by atoms with Crippen molar-refractivity contribution in [3.8, 4) is 0 Å². The lowest BCUT2D eigenvalue weighted by Gasteiger charge is -2.32. The van der Waals surface area contributed by atoms with Crippen LogP contribution in [-0.2, 0) is 14.8 Å². The number of carbonyl (C=O) groups is 2. The average Bonchev–Trinajstić information content (AvgIpc) is 3.33. The van der Waals surface area contributed by atoms with E-state index in [1.54, 1.807) is 17.3 Å². The van der Waals surface area contributed by atoms with Gasteiger partial charge in [-0.1, -0.05) is 6.08 Å². The first kappa shape index (κ1) is 19.7. The zero-order valence-corrected chi connectivity index (χ0v) is 17.4. The molecule has 8 nitrogen and oxygen atoms in total. The number of halogens is 1. The van der Waals surface area contributed by atoms with Crippen molar-refractivity contribution >= 4 is 33.2 Å². The molecule has 0 unspecified atom stereocenters. The molecule has 1 fully saturated rings. The Hall–Kier alpha value is -3.27. The summed E-state index contributed by atoms with van der Waals surface area (Å²) in [5, 5.41) is 2.41. The van der Waals surface area contributed by atoms with Crippen LogP contribution < -0.4 is 5.32 Å². The summed E-state index contributed by atoms with van der Waals surface area (Å²) in [5.74, 6) is -1.08. The van der Waals surface area contributed by atoms with E-state index in [4.69, 9.17) is 0 Å². The maximum atomic E-state index is 13.6. The van der Waals surface area contributed by atoms with Gasteiger partial charge in [0, 0.05) is 24.9 Å². The summed E-state index contributed by atoms with van der Waals surface area (Å²) in [6.45, 7) is 1.78. The monoisotopic (exact) mass is 442 g/mol. The number of anilines is 1. The van der Waals surface area contributed by atoms with Crippen molar-refractivity contribution in [1.82, 2.24) is 14.2 Å². The summed E-state index contributed by atoms with van der Waals surface area (Å²) in [7, 11) is -4.34. The molecule has 1 aromatic heterocycles. The molecule has 0 spiro atoms. The Kier molecular flexibility index (Phi) is 4.37. The van der Waals surface area contributed by atoms with Gasteiger partial charge in [0.15, 0.2) is 0 Å². The third kappa shape index (κ3) is 3.18. The summed E-state index contributed by atoms with van der Waals surface area (Å²) in [4.78, 5) is 30.8. The summed E-state index contributed by atoms with van der Waals surface area (Å²) in [6.07, 6.45) is 6.34. The number of carbonyl (C=O) groups excluding carboxylic acids is 2. The minimum atomic E-state index is -4.34. The van der Waals surface area contributed by atoms with Gasteiger partial charge in [0.1, 0.15) is 17.3 Å². The molecule has 160 valence electrons. The second-order valence-corrected chi connectivity index (χ2v) is 9.83. The molecule has 0 saturated carbocycles. The van der Waals surface area contributed by atoms with Crippen LogP contribution in [0.15, 0.2) is 47.6 Å².